The van der Waals surface area contributed by atoms with Gasteiger partial charge in [-0.15, -0.1) is 0 Å². The highest BCUT2D eigenvalue weighted by Gasteiger charge is 2.07. The summed E-state index contributed by atoms with van der Waals surface area (Å²) in [6, 6.07) is 8.36. The molecule has 1 heterocycles. The summed E-state index contributed by atoms with van der Waals surface area (Å²) in [6.45, 7) is 0.460. The van der Waals surface area contributed by atoms with Gasteiger partial charge in [0.2, 0.25) is 5.91 Å². The first kappa shape index (κ1) is 12.1. The van der Waals surface area contributed by atoms with Crippen molar-refractivity contribution in [3.8, 4) is 6.07 Å². The monoisotopic (exact) mass is 245 g/mol. The smallest absolute Gasteiger partial charge is 0.239 e. The average Bonchev–Trinajstić information content (AvgIpc) is 2.74. The van der Waals surface area contributed by atoms with Gasteiger partial charge >= 0.3 is 0 Å². The van der Waals surface area contributed by atoms with Crippen molar-refractivity contribution in [3.05, 3.63) is 36.3 Å². The summed E-state index contributed by atoms with van der Waals surface area (Å²) < 4.78 is 15.1. The van der Waals surface area contributed by atoms with E-state index in [1.807, 2.05) is 6.07 Å². The molecule has 0 saturated carbocycles. The number of amides is 1. The number of nitrogens with one attached hydrogen (secondary N) is 1. The second kappa shape index (κ2) is 5.32. The number of carbonyl (C=O) groups excluding carboxylic acids is 1. The third kappa shape index (κ3) is 2.48. The van der Waals surface area contributed by atoms with Gasteiger partial charge in [-0.1, -0.05) is 6.07 Å². The number of halogens is 1. The molecule has 0 aliphatic rings. The van der Waals surface area contributed by atoms with Crippen molar-refractivity contribution in [2.24, 2.45) is 0 Å². The van der Waals surface area contributed by atoms with Gasteiger partial charge in [-0.25, -0.2) is 4.39 Å². The van der Waals surface area contributed by atoms with Crippen molar-refractivity contribution < 1.29 is 9.18 Å². The minimum absolute atomic E-state index is 0.123. The third-order valence-electron chi connectivity index (χ3n) is 2.63. The number of nitrogens with zero attached hydrogens (tertiary/aromatic N) is 2. The lowest BCUT2D eigenvalue weighted by atomic mass is 10.2. The van der Waals surface area contributed by atoms with Crippen LogP contribution < -0.4 is 5.32 Å². The molecule has 0 atom stereocenters. The highest BCUT2D eigenvalue weighted by Crippen LogP contribution is 2.18. The van der Waals surface area contributed by atoms with Crippen molar-refractivity contribution in [1.82, 2.24) is 9.88 Å². The van der Waals surface area contributed by atoms with E-state index in [1.54, 1.807) is 29.0 Å². The molecule has 4 nitrogen and oxygen atoms in total. The van der Waals surface area contributed by atoms with Crippen LogP contribution in [0.5, 0.6) is 0 Å². The lowest BCUT2D eigenvalue weighted by Crippen LogP contribution is -2.27. The topological polar surface area (TPSA) is 57.8 Å². The highest BCUT2D eigenvalue weighted by atomic mass is 19.1. The number of rotatable bonds is 4. The predicted molar refractivity (Wildman–Crippen MR) is 65.1 cm³/mol. The number of fused-ring (bicyclic) bond motifs is 1. The Bertz CT molecular complexity index is 612. The molecule has 0 radical (unpaired) electrons. The van der Waals surface area contributed by atoms with E-state index in [9.17, 15) is 9.18 Å². The maximum atomic E-state index is 13.4. The number of hydrogen-bond acceptors (Lipinski definition) is 2. The SMILES string of the molecule is N#CCCNC(=O)Cn1ccc2c(F)cccc21. The van der Waals surface area contributed by atoms with E-state index in [-0.39, 0.29) is 24.7 Å². The predicted octanol–water partition coefficient (Wildman–Crippen LogP) is 1.81. The van der Waals surface area contributed by atoms with Crippen LogP contribution in [0.1, 0.15) is 6.42 Å². The lowest BCUT2D eigenvalue weighted by Gasteiger charge is -2.06. The molecule has 5 heteroatoms. The van der Waals surface area contributed by atoms with Gasteiger partial charge in [0.25, 0.3) is 0 Å². The Morgan fingerprint density at radius 2 is 2.28 bits per heavy atom. The van der Waals surface area contributed by atoms with E-state index in [0.29, 0.717) is 17.4 Å². The van der Waals surface area contributed by atoms with Gasteiger partial charge in [-0.05, 0) is 18.2 Å². The van der Waals surface area contributed by atoms with Crippen LogP contribution in [0.3, 0.4) is 0 Å². The van der Waals surface area contributed by atoms with Crippen LogP contribution in [-0.4, -0.2) is 17.0 Å². The first-order chi connectivity index (χ1) is 8.72. The maximum Gasteiger partial charge on any atom is 0.239 e. The molecular weight excluding hydrogens is 233 g/mol. The van der Waals surface area contributed by atoms with E-state index in [1.165, 1.54) is 6.07 Å². The van der Waals surface area contributed by atoms with Crippen molar-refractivity contribution in [2.45, 2.75) is 13.0 Å². The molecule has 0 aliphatic carbocycles. The summed E-state index contributed by atoms with van der Waals surface area (Å²) in [5.41, 5.74) is 0.686. The van der Waals surface area contributed by atoms with E-state index >= 15 is 0 Å². The number of hydrogen-bond donors (Lipinski definition) is 1. The number of aromatic nitrogens is 1. The van der Waals surface area contributed by atoms with Crippen LogP contribution in [0, 0.1) is 17.1 Å². The fourth-order valence-corrected chi connectivity index (χ4v) is 1.79. The largest absolute Gasteiger partial charge is 0.354 e. The summed E-state index contributed by atoms with van der Waals surface area (Å²) in [6.07, 6.45) is 1.96. The molecule has 1 N–H and O–H groups in total. The van der Waals surface area contributed by atoms with Gasteiger partial charge in [0.15, 0.2) is 0 Å². The Morgan fingerprint density at radius 1 is 1.44 bits per heavy atom. The van der Waals surface area contributed by atoms with E-state index in [2.05, 4.69) is 5.32 Å². The Hall–Kier alpha value is -2.35. The Balaban J connectivity index is 2.11. The third-order valence-corrected chi connectivity index (χ3v) is 2.63. The normalized spacial score (nSPS) is 10.2. The van der Waals surface area contributed by atoms with Crippen molar-refractivity contribution in [3.63, 3.8) is 0 Å². The lowest BCUT2D eigenvalue weighted by molar-refractivity contribution is -0.121. The molecule has 1 amide bonds. The van der Waals surface area contributed by atoms with Crippen molar-refractivity contribution in [2.75, 3.05) is 6.54 Å². The van der Waals surface area contributed by atoms with Gasteiger partial charge in [0.05, 0.1) is 18.0 Å². The summed E-state index contributed by atoms with van der Waals surface area (Å²) >= 11 is 0. The van der Waals surface area contributed by atoms with Gasteiger partial charge in [-0.2, -0.15) is 5.26 Å². The minimum Gasteiger partial charge on any atom is -0.354 e. The van der Waals surface area contributed by atoms with E-state index in [0.717, 1.165) is 0 Å². The molecule has 0 fully saturated rings. The Morgan fingerprint density at radius 3 is 3.06 bits per heavy atom. The van der Waals surface area contributed by atoms with Crippen LogP contribution in [0.15, 0.2) is 30.5 Å². The van der Waals surface area contributed by atoms with E-state index < -0.39 is 0 Å². The second-order valence-corrected chi connectivity index (χ2v) is 3.87. The summed E-state index contributed by atoms with van der Waals surface area (Å²) in [5, 5.41) is 11.5. The zero-order chi connectivity index (χ0) is 13.0. The van der Waals surface area contributed by atoms with Crippen LogP contribution in [-0.2, 0) is 11.3 Å². The molecule has 1 aromatic heterocycles. The molecule has 0 saturated heterocycles. The first-order valence-electron chi connectivity index (χ1n) is 5.59. The van der Waals surface area contributed by atoms with E-state index in [4.69, 9.17) is 5.26 Å². The highest BCUT2D eigenvalue weighted by molar-refractivity contribution is 5.83. The molecule has 2 rings (SSSR count). The second-order valence-electron chi connectivity index (χ2n) is 3.87. The van der Waals surface area contributed by atoms with Crippen LogP contribution in [0.2, 0.25) is 0 Å². The molecular formula is C13H12FN3O. The zero-order valence-corrected chi connectivity index (χ0v) is 9.69. The van der Waals surface area contributed by atoms with Crippen LogP contribution in [0.4, 0.5) is 4.39 Å². The summed E-state index contributed by atoms with van der Waals surface area (Å²) in [4.78, 5) is 11.6. The molecule has 2 aromatic rings. The standard InChI is InChI=1S/C13H12FN3O/c14-11-3-1-4-12-10(11)5-8-17(12)9-13(18)16-7-2-6-15/h1,3-5,8H,2,7,9H2,(H,16,18). The van der Waals surface area contributed by atoms with Crippen LogP contribution in [0.25, 0.3) is 10.9 Å². The molecule has 1 aromatic carbocycles. The van der Waals surface area contributed by atoms with Gasteiger partial charge in [0, 0.05) is 18.1 Å². The quantitative estimate of drug-likeness (QED) is 0.835. The molecule has 92 valence electrons. The first-order valence-corrected chi connectivity index (χ1v) is 5.59. The fraction of sp³-hybridized carbons (Fsp3) is 0.231. The Kier molecular flexibility index (Phi) is 3.58. The molecule has 0 unspecified atom stereocenters. The Labute approximate surface area is 104 Å². The fourth-order valence-electron chi connectivity index (χ4n) is 1.79. The number of carbonyl (C=O) groups is 1. The minimum atomic E-state index is -0.295. The van der Waals surface area contributed by atoms with Crippen molar-refractivity contribution in [1.29, 1.82) is 5.26 Å². The number of benzene rings is 1. The molecule has 18 heavy (non-hydrogen) atoms. The maximum absolute atomic E-state index is 13.4. The van der Waals surface area contributed by atoms with Gasteiger partial charge < -0.3 is 9.88 Å². The van der Waals surface area contributed by atoms with Crippen LogP contribution >= 0.6 is 0 Å². The molecule has 0 bridgehead atoms. The molecule has 0 spiro atoms. The van der Waals surface area contributed by atoms with Gasteiger partial charge in [-0.3, -0.25) is 4.79 Å². The van der Waals surface area contributed by atoms with Gasteiger partial charge in [0.1, 0.15) is 12.4 Å². The summed E-state index contributed by atoms with van der Waals surface area (Å²) in [7, 11) is 0. The average molecular weight is 245 g/mol. The molecule has 0 aliphatic heterocycles. The summed E-state index contributed by atoms with van der Waals surface area (Å²) in [5.74, 6) is -0.483. The number of nitriles is 1. The zero-order valence-electron chi connectivity index (χ0n) is 9.69. The van der Waals surface area contributed by atoms with Crippen molar-refractivity contribution >= 4 is 16.8 Å².